The second-order valence-electron chi connectivity index (χ2n) is 8.43. The van der Waals surface area contributed by atoms with Crippen LogP contribution in [-0.4, -0.2) is 36.8 Å². The number of hydrogen-bond acceptors (Lipinski definition) is 5. The lowest BCUT2D eigenvalue weighted by Crippen LogP contribution is -2.41. The first-order chi connectivity index (χ1) is 15.3. The molecule has 4 rings (SSSR count). The predicted octanol–water partition coefficient (Wildman–Crippen LogP) is 3.31. The number of aromatic nitrogens is 1. The third-order valence-electron chi connectivity index (χ3n) is 6.14. The maximum absolute atomic E-state index is 13.0. The molecule has 2 aromatic carbocycles. The lowest BCUT2D eigenvalue weighted by atomic mass is 10.0. The van der Waals surface area contributed by atoms with Crippen LogP contribution in [0.15, 0.2) is 41.2 Å². The van der Waals surface area contributed by atoms with Crippen LogP contribution in [-0.2, 0) is 7.05 Å². The van der Waals surface area contributed by atoms with E-state index in [2.05, 4.69) is 4.90 Å². The van der Waals surface area contributed by atoms with E-state index in [9.17, 15) is 9.59 Å². The van der Waals surface area contributed by atoms with Crippen LogP contribution in [0, 0.1) is 13.8 Å². The largest absolute Gasteiger partial charge is 0.493 e. The molecule has 1 aromatic heterocycles. The highest BCUT2D eigenvalue weighted by Crippen LogP contribution is 2.34. The van der Waals surface area contributed by atoms with Crippen molar-refractivity contribution in [3.8, 4) is 11.5 Å². The summed E-state index contributed by atoms with van der Waals surface area (Å²) in [5, 5.41) is 0.862. The van der Waals surface area contributed by atoms with Gasteiger partial charge in [-0.2, -0.15) is 0 Å². The van der Waals surface area contributed by atoms with Crippen molar-refractivity contribution in [3.63, 3.8) is 0 Å². The molecule has 1 fully saturated rings. The van der Waals surface area contributed by atoms with Crippen molar-refractivity contribution in [2.45, 2.75) is 32.8 Å². The molecular weight excluding hydrogens is 406 g/mol. The molecule has 2 N–H and O–H groups in total. The second kappa shape index (κ2) is 8.57. The quantitative estimate of drug-likeness (QED) is 0.664. The number of carbonyl (C=O) groups is 1. The van der Waals surface area contributed by atoms with Crippen molar-refractivity contribution in [3.05, 3.63) is 63.4 Å². The van der Waals surface area contributed by atoms with E-state index in [-0.39, 0.29) is 17.2 Å². The summed E-state index contributed by atoms with van der Waals surface area (Å²) in [5.74, 6) is 0.743. The van der Waals surface area contributed by atoms with Gasteiger partial charge < -0.3 is 24.7 Å². The Hall–Kier alpha value is -3.48. The van der Waals surface area contributed by atoms with Crippen molar-refractivity contribution >= 4 is 22.5 Å². The van der Waals surface area contributed by atoms with Gasteiger partial charge in [-0.05, 0) is 43.7 Å². The van der Waals surface area contributed by atoms with Gasteiger partial charge in [0, 0.05) is 38.4 Å². The van der Waals surface area contributed by atoms with Crippen LogP contribution in [0.25, 0.3) is 10.9 Å². The molecule has 7 nitrogen and oxygen atoms in total. The van der Waals surface area contributed by atoms with E-state index in [1.165, 1.54) is 4.57 Å². The minimum Gasteiger partial charge on any atom is -0.493 e. The first kappa shape index (κ1) is 21.7. The van der Waals surface area contributed by atoms with Crippen LogP contribution < -0.4 is 25.7 Å². The summed E-state index contributed by atoms with van der Waals surface area (Å²) in [6.07, 6.45) is 1.51. The average Bonchev–Trinajstić information content (AvgIpc) is 2.77. The van der Waals surface area contributed by atoms with Gasteiger partial charge >= 0.3 is 0 Å². The fraction of sp³-hybridized carbons (Fsp3) is 0.360. The van der Waals surface area contributed by atoms with E-state index in [0.717, 1.165) is 46.4 Å². The van der Waals surface area contributed by atoms with Crippen LogP contribution in [0.1, 0.15) is 34.3 Å². The molecule has 0 spiro atoms. The van der Waals surface area contributed by atoms with E-state index in [1.807, 2.05) is 50.2 Å². The number of piperidine rings is 1. The molecule has 0 bridgehead atoms. The maximum Gasteiger partial charge on any atom is 0.265 e. The summed E-state index contributed by atoms with van der Waals surface area (Å²) in [5.41, 5.74) is 8.93. The Kier molecular flexibility index (Phi) is 5.82. The number of carbonyl (C=O) groups excluding carboxylic acids is 1. The maximum atomic E-state index is 13.0. The van der Waals surface area contributed by atoms with Crippen molar-refractivity contribution in [2.24, 2.45) is 12.8 Å². The van der Waals surface area contributed by atoms with Gasteiger partial charge in [-0.1, -0.05) is 17.7 Å². The number of amides is 1. The first-order valence-electron chi connectivity index (χ1n) is 10.8. The third-order valence-corrected chi connectivity index (χ3v) is 6.14. The number of benzene rings is 2. The van der Waals surface area contributed by atoms with Gasteiger partial charge in [-0.15, -0.1) is 0 Å². The van der Waals surface area contributed by atoms with Crippen LogP contribution >= 0.6 is 0 Å². The zero-order chi connectivity index (χ0) is 23.0. The Labute approximate surface area is 187 Å². The highest BCUT2D eigenvalue weighted by Gasteiger charge is 2.28. The second-order valence-corrected chi connectivity index (χ2v) is 8.43. The molecule has 1 saturated heterocycles. The van der Waals surface area contributed by atoms with Crippen LogP contribution in [0.5, 0.6) is 11.5 Å². The molecular formula is C25H29N3O4. The highest BCUT2D eigenvalue weighted by molar-refractivity contribution is 6.07. The van der Waals surface area contributed by atoms with Gasteiger partial charge in [0.25, 0.3) is 11.5 Å². The third kappa shape index (κ3) is 3.90. The molecule has 7 heteroatoms. The summed E-state index contributed by atoms with van der Waals surface area (Å²) in [7, 11) is 3.31. The number of ether oxygens (including phenoxy) is 2. The lowest BCUT2D eigenvalue weighted by molar-refractivity contribution is 0.0999. The molecule has 1 aliphatic rings. The number of aryl methyl sites for hydroxylation is 3. The molecule has 32 heavy (non-hydrogen) atoms. The van der Waals surface area contributed by atoms with E-state index in [1.54, 1.807) is 14.2 Å². The van der Waals surface area contributed by atoms with Gasteiger partial charge in [-0.25, -0.2) is 0 Å². The SMILES string of the molecule is COc1cc(C)ccc1OC1CCN(c2c(C(N)=O)c(=O)n(C)c3ccc(C)cc23)CC1. The Bertz CT molecular complexity index is 1240. The molecule has 0 unspecified atom stereocenters. The topological polar surface area (TPSA) is 86.8 Å². The molecule has 0 aliphatic carbocycles. The van der Waals surface area contributed by atoms with Crippen LogP contribution in [0.4, 0.5) is 5.69 Å². The number of rotatable bonds is 5. The van der Waals surface area contributed by atoms with E-state index < -0.39 is 5.91 Å². The zero-order valence-electron chi connectivity index (χ0n) is 19.0. The molecule has 1 amide bonds. The van der Waals surface area contributed by atoms with E-state index >= 15 is 0 Å². The summed E-state index contributed by atoms with van der Waals surface area (Å²) >= 11 is 0. The minimum absolute atomic E-state index is 0.0134. The van der Waals surface area contributed by atoms with Crippen molar-refractivity contribution in [1.29, 1.82) is 0 Å². The summed E-state index contributed by atoms with van der Waals surface area (Å²) in [4.78, 5) is 27.4. The van der Waals surface area contributed by atoms with Crippen molar-refractivity contribution in [2.75, 3.05) is 25.1 Å². The van der Waals surface area contributed by atoms with Gasteiger partial charge in [0.05, 0.1) is 18.3 Å². The number of anilines is 1. The van der Waals surface area contributed by atoms with Crippen LogP contribution in [0.2, 0.25) is 0 Å². The first-order valence-corrected chi connectivity index (χ1v) is 10.8. The summed E-state index contributed by atoms with van der Waals surface area (Å²) < 4.78 is 13.2. The van der Waals surface area contributed by atoms with Gasteiger partial charge in [0.1, 0.15) is 11.7 Å². The van der Waals surface area contributed by atoms with Gasteiger partial charge in [-0.3, -0.25) is 9.59 Å². The average molecular weight is 436 g/mol. The molecule has 2 heterocycles. The molecule has 0 radical (unpaired) electrons. The van der Waals surface area contributed by atoms with Crippen molar-refractivity contribution in [1.82, 2.24) is 4.57 Å². The standard InChI is InChI=1S/C25H29N3O4/c1-15-5-7-19-18(13-15)23(22(24(26)29)25(30)27(19)3)28-11-9-17(10-12-28)32-20-8-6-16(2)14-21(20)31-4/h5-8,13-14,17H,9-12H2,1-4H3,(H2,26,29). The summed E-state index contributed by atoms with van der Waals surface area (Å²) in [6, 6.07) is 11.8. The summed E-state index contributed by atoms with van der Waals surface area (Å²) in [6.45, 7) is 5.30. The zero-order valence-corrected chi connectivity index (χ0v) is 19.0. The van der Waals surface area contributed by atoms with E-state index in [4.69, 9.17) is 15.2 Å². The number of fused-ring (bicyclic) bond motifs is 1. The number of nitrogens with zero attached hydrogens (tertiary/aromatic N) is 2. The highest BCUT2D eigenvalue weighted by atomic mass is 16.5. The number of nitrogens with two attached hydrogens (primary N) is 1. The molecule has 0 saturated carbocycles. The Morgan fingerprint density at radius 1 is 1.03 bits per heavy atom. The number of hydrogen-bond donors (Lipinski definition) is 1. The number of methoxy groups -OCH3 is 1. The Morgan fingerprint density at radius 3 is 2.34 bits per heavy atom. The van der Waals surface area contributed by atoms with E-state index in [0.29, 0.717) is 18.8 Å². The van der Waals surface area contributed by atoms with Crippen LogP contribution in [0.3, 0.4) is 0 Å². The minimum atomic E-state index is -0.702. The fourth-order valence-electron chi connectivity index (χ4n) is 4.44. The monoisotopic (exact) mass is 435 g/mol. The van der Waals surface area contributed by atoms with Crippen molar-refractivity contribution < 1.29 is 14.3 Å². The molecule has 3 aromatic rings. The molecule has 168 valence electrons. The Morgan fingerprint density at radius 2 is 1.69 bits per heavy atom. The van der Waals surface area contributed by atoms with Gasteiger partial charge in [0.15, 0.2) is 11.5 Å². The molecule has 1 aliphatic heterocycles. The van der Waals surface area contributed by atoms with Gasteiger partial charge in [0.2, 0.25) is 0 Å². The number of primary amides is 1. The lowest BCUT2D eigenvalue weighted by Gasteiger charge is -2.35. The fourth-order valence-corrected chi connectivity index (χ4v) is 4.44. The molecule has 0 atom stereocenters. The number of pyridine rings is 1. The Balaban J connectivity index is 1.65. The normalized spacial score (nSPS) is 14.6. The smallest absolute Gasteiger partial charge is 0.265 e. The predicted molar refractivity (Wildman–Crippen MR) is 126 cm³/mol.